The number of nitriles is 1. The number of carbonyl (C=O) groups is 1. The molecule has 2 aromatic rings. The highest BCUT2D eigenvalue weighted by Gasteiger charge is 2.37. The molecule has 1 aliphatic rings. The molecule has 0 aliphatic carbocycles. The average molecular weight is 414 g/mol. The quantitative estimate of drug-likeness (QED) is 0.705. The third-order valence-corrected chi connectivity index (χ3v) is 5.72. The Kier molecular flexibility index (Phi) is 5.85. The summed E-state index contributed by atoms with van der Waals surface area (Å²) in [5, 5.41) is 9.88. The second kappa shape index (κ2) is 8.18. The molecule has 2 aromatic carbocycles. The molecule has 2 N–H and O–H groups in total. The Morgan fingerprint density at radius 2 is 1.86 bits per heavy atom. The molecule has 0 spiro atoms. The van der Waals surface area contributed by atoms with Gasteiger partial charge in [-0.05, 0) is 17.2 Å². The van der Waals surface area contributed by atoms with Crippen molar-refractivity contribution >= 4 is 22.5 Å². The molecule has 0 aromatic heterocycles. The molecule has 0 saturated carbocycles. The number of nitrogens with two attached hydrogens (primary N) is 1. The van der Waals surface area contributed by atoms with Crippen LogP contribution in [0.4, 0.5) is 13.2 Å². The third-order valence-electron chi connectivity index (χ3n) is 4.62. The maximum atomic E-state index is 13.3. The zero-order valence-corrected chi connectivity index (χ0v) is 16.3. The Morgan fingerprint density at radius 3 is 2.45 bits per heavy atom. The van der Waals surface area contributed by atoms with Gasteiger partial charge in [0.05, 0.1) is 28.2 Å². The van der Waals surface area contributed by atoms with E-state index in [1.165, 1.54) is 12.1 Å². The van der Waals surface area contributed by atoms with Crippen molar-refractivity contribution < 1.29 is 18.0 Å². The Bertz CT molecular complexity index is 1050. The van der Waals surface area contributed by atoms with E-state index >= 15 is 0 Å². The lowest BCUT2D eigenvalue weighted by molar-refractivity contribution is -0.137. The number of thioether (sulfide) groups is 1. The number of hydrogen-bond acceptors (Lipinski definition) is 4. The minimum absolute atomic E-state index is 0.0887. The van der Waals surface area contributed by atoms with Crippen LogP contribution in [0.2, 0.25) is 0 Å². The van der Waals surface area contributed by atoms with Gasteiger partial charge in [0.15, 0.2) is 5.78 Å². The number of alkyl halides is 3. The minimum atomic E-state index is -4.54. The summed E-state index contributed by atoms with van der Waals surface area (Å²) in [7, 11) is 0. The van der Waals surface area contributed by atoms with E-state index in [2.05, 4.69) is 0 Å². The fourth-order valence-electron chi connectivity index (χ4n) is 3.27. The number of rotatable bonds is 4. The summed E-state index contributed by atoms with van der Waals surface area (Å²) in [6, 6.07) is 15.8. The summed E-state index contributed by atoms with van der Waals surface area (Å²) in [6.45, 7) is 1.68. The number of Topliss-reactive ketones (excluding diaryl/α,β-unsaturated/α-hetero) is 1. The van der Waals surface area contributed by atoms with Crippen LogP contribution in [0.3, 0.4) is 0 Å². The zero-order chi connectivity index (χ0) is 21.2. The van der Waals surface area contributed by atoms with Crippen molar-refractivity contribution in [2.24, 2.45) is 5.73 Å². The molecular weight excluding hydrogens is 397 g/mol. The first-order chi connectivity index (χ1) is 13.8. The first-order valence-electron chi connectivity index (χ1n) is 8.85. The van der Waals surface area contributed by atoms with E-state index in [0.29, 0.717) is 10.5 Å². The van der Waals surface area contributed by atoms with Gasteiger partial charge in [0, 0.05) is 16.9 Å². The lowest BCUT2D eigenvalue weighted by atomic mass is 9.81. The van der Waals surface area contributed by atoms with Crippen LogP contribution >= 0.6 is 11.8 Å². The number of nitrogens with zero attached hydrogens (tertiary/aromatic N) is 1. The topological polar surface area (TPSA) is 66.9 Å². The smallest absolute Gasteiger partial charge is 0.392 e. The first kappa shape index (κ1) is 20.7. The molecule has 0 fully saturated rings. The molecule has 0 bridgehead atoms. The molecular formula is C22H17F3N2OS. The molecule has 1 aliphatic heterocycles. The minimum Gasteiger partial charge on any atom is -0.392 e. The van der Waals surface area contributed by atoms with E-state index in [1.54, 1.807) is 31.2 Å². The monoisotopic (exact) mass is 414 g/mol. The van der Waals surface area contributed by atoms with E-state index in [0.717, 1.165) is 29.5 Å². The molecule has 0 radical (unpaired) electrons. The van der Waals surface area contributed by atoms with Gasteiger partial charge in [-0.25, -0.2) is 0 Å². The van der Waals surface area contributed by atoms with Crippen molar-refractivity contribution in [2.75, 3.05) is 0 Å². The van der Waals surface area contributed by atoms with Crippen LogP contribution in [-0.4, -0.2) is 5.78 Å². The lowest BCUT2D eigenvalue weighted by Crippen LogP contribution is -2.21. The summed E-state index contributed by atoms with van der Waals surface area (Å²) < 4.78 is 39.8. The van der Waals surface area contributed by atoms with Crippen LogP contribution in [0.1, 0.15) is 36.0 Å². The summed E-state index contributed by atoms with van der Waals surface area (Å²) >= 11 is 1.10. The van der Waals surface area contributed by atoms with E-state index < -0.39 is 17.7 Å². The number of allylic oxidation sites excluding steroid dienone is 2. The van der Waals surface area contributed by atoms with Gasteiger partial charge >= 0.3 is 6.18 Å². The molecule has 3 nitrogen and oxygen atoms in total. The molecule has 7 heteroatoms. The van der Waals surface area contributed by atoms with Crippen LogP contribution in [0.25, 0.3) is 4.91 Å². The predicted molar refractivity (Wildman–Crippen MR) is 107 cm³/mol. The second-order valence-corrected chi connectivity index (χ2v) is 7.49. The van der Waals surface area contributed by atoms with E-state index in [1.807, 2.05) is 12.1 Å². The average Bonchev–Trinajstić information content (AvgIpc) is 2.72. The van der Waals surface area contributed by atoms with Crippen molar-refractivity contribution in [3.05, 3.63) is 87.5 Å². The van der Waals surface area contributed by atoms with Gasteiger partial charge in [-0.3, -0.25) is 4.79 Å². The SMILES string of the molecule is CCC(=O)C1=C(c2ccccc2)SC(N)=C(C#N)[C@H]1c1cccc(C(F)(F)F)c1. The molecule has 29 heavy (non-hydrogen) atoms. The predicted octanol–water partition coefficient (Wildman–Crippen LogP) is 5.62. The third kappa shape index (κ3) is 4.08. The molecule has 0 amide bonds. The maximum Gasteiger partial charge on any atom is 0.416 e. The fourth-order valence-corrected chi connectivity index (χ4v) is 4.36. The first-order valence-corrected chi connectivity index (χ1v) is 9.67. The molecule has 148 valence electrons. The fraction of sp³-hybridized carbons (Fsp3) is 0.182. The van der Waals surface area contributed by atoms with Crippen LogP contribution < -0.4 is 5.73 Å². The summed E-state index contributed by atoms with van der Waals surface area (Å²) in [5.41, 5.74) is 6.62. The highest BCUT2D eigenvalue weighted by Crippen LogP contribution is 2.49. The van der Waals surface area contributed by atoms with Crippen LogP contribution in [-0.2, 0) is 11.0 Å². The van der Waals surface area contributed by atoms with E-state index in [-0.39, 0.29) is 28.4 Å². The van der Waals surface area contributed by atoms with Crippen molar-refractivity contribution in [1.29, 1.82) is 5.26 Å². The number of carbonyl (C=O) groups excluding carboxylic acids is 1. The highest BCUT2D eigenvalue weighted by atomic mass is 32.2. The Labute approximate surface area is 170 Å². The van der Waals surface area contributed by atoms with E-state index in [4.69, 9.17) is 5.73 Å². The summed E-state index contributed by atoms with van der Waals surface area (Å²) in [6.07, 6.45) is -4.39. The Hall–Kier alpha value is -2.98. The van der Waals surface area contributed by atoms with Crippen LogP contribution in [0.15, 0.2) is 70.8 Å². The van der Waals surface area contributed by atoms with Gasteiger partial charge in [0.25, 0.3) is 0 Å². The largest absolute Gasteiger partial charge is 0.416 e. The Morgan fingerprint density at radius 1 is 1.17 bits per heavy atom. The zero-order valence-electron chi connectivity index (χ0n) is 15.5. The lowest BCUT2D eigenvalue weighted by Gasteiger charge is -2.29. The number of halogens is 3. The Balaban J connectivity index is 2.30. The van der Waals surface area contributed by atoms with Crippen molar-refractivity contribution in [3.63, 3.8) is 0 Å². The number of ketones is 1. The number of benzene rings is 2. The molecule has 1 heterocycles. The van der Waals surface area contributed by atoms with Crippen LogP contribution in [0.5, 0.6) is 0 Å². The van der Waals surface area contributed by atoms with Gasteiger partial charge in [0.1, 0.15) is 0 Å². The van der Waals surface area contributed by atoms with Gasteiger partial charge in [0.2, 0.25) is 0 Å². The van der Waals surface area contributed by atoms with E-state index in [9.17, 15) is 23.2 Å². The van der Waals surface area contributed by atoms with Crippen molar-refractivity contribution in [2.45, 2.75) is 25.4 Å². The highest BCUT2D eigenvalue weighted by molar-refractivity contribution is 8.11. The number of hydrogen-bond donors (Lipinski definition) is 1. The van der Waals surface area contributed by atoms with Gasteiger partial charge in [-0.2, -0.15) is 18.4 Å². The van der Waals surface area contributed by atoms with Gasteiger partial charge in [-0.1, -0.05) is 67.2 Å². The molecule has 0 unspecified atom stereocenters. The maximum absolute atomic E-state index is 13.3. The normalized spacial score (nSPS) is 17.3. The second-order valence-electron chi connectivity index (χ2n) is 6.43. The summed E-state index contributed by atoms with van der Waals surface area (Å²) in [4.78, 5) is 13.5. The van der Waals surface area contributed by atoms with Crippen LogP contribution in [0, 0.1) is 11.3 Å². The van der Waals surface area contributed by atoms with Gasteiger partial charge < -0.3 is 5.73 Å². The van der Waals surface area contributed by atoms with Crippen molar-refractivity contribution in [1.82, 2.24) is 0 Å². The van der Waals surface area contributed by atoms with Gasteiger partial charge in [-0.15, -0.1) is 0 Å². The molecule has 0 saturated heterocycles. The standard InChI is InChI=1S/C22H17F3N2OS/c1-2-17(28)19-18(14-9-6-10-15(11-14)22(23,24)25)16(12-26)21(27)29-20(19)13-7-4-3-5-8-13/h3-11,18H,2,27H2,1H3/t18-/m1/s1. The molecule has 3 rings (SSSR count). The summed E-state index contributed by atoms with van der Waals surface area (Å²) in [5.74, 6) is -1.19. The molecule has 1 atom stereocenters. The van der Waals surface area contributed by atoms with Crippen molar-refractivity contribution in [3.8, 4) is 6.07 Å².